The molecular weight excluding hydrogens is 426 g/mol. The Morgan fingerprint density at radius 3 is 2.53 bits per heavy atom. The molecule has 3 aromatic rings. The maximum atomic E-state index is 12.7. The van der Waals surface area contributed by atoms with Crippen molar-refractivity contribution in [1.82, 2.24) is 4.90 Å². The van der Waals surface area contributed by atoms with Gasteiger partial charge in [0.25, 0.3) is 0 Å². The topological polar surface area (TPSA) is 70.7 Å². The molecular formula is C25H26ClN3O3. The second kappa shape index (κ2) is 10.0. The van der Waals surface area contributed by atoms with Gasteiger partial charge in [0.1, 0.15) is 5.75 Å². The van der Waals surface area contributed by atoms with Gasteiger partial charge in [-0.25, -0.2) is 0 Å². The van der Waals surface area contributed by atoms with E-state index in [1.807, 2.05) is 42.5 Å². The van der Waals surface area contributed by atoms with Gasteiger partial charge >= 0.3 is 0 Å². The minimum absolute atomic E-state index is 0.0482. The first-order chi connectivity index (χ1) is 15.5. The highest BCUT2D eigenvalue weighted by Crippen LogP contribution is 2.29. The summed E-state index contributed by atoms with van der Waals surface area (Å²) in [5.41, 5.74) is 1.39. The van der Waals surface area contributed by atoms with Crippen molar-refractivity contribution in [2.45, 2.75) is 12.8 Å². The number of nitrogens with one attached hydrogen (secondary N) is 2. The summed E-state index contributed by atoms with van der Waals surface area (Å²) >= 11 is 6.05. The van der Waals surface area contributed by atoms with Crippen LogP contribution in [0.1, 0.15) is 12.8 Å². The highest BCUT2D eigenvalue weighted by molar-refractivity contribution is 6.31. The van der Waals surface area contributed by atoms with Crippen molar-refractivity contribution in [2.24, 2.45) is 5.92 Å². The van der Waals surface area contributed by atoms with Gasteiger partial charge in [-0.2, -0.15) is 0 Å². The number of benzene rings is 3. The van der Waals surface area contributed by atoms with Crippen molar-refractivity contribution in [3.8, 4) is 5.75 Å². The average Bonchev–Trinajstić information content (AvgIpc) is 2.80. The molecule has 1 fully saturated rings. The Labute approximate surface area is 192 Å². The van der Waals surface area contributed by atoms with Gasteiger partial charge < -0.3 is 15.4 Å². The van der Waals surface area contributed by atoms with Crippen LogP contribution in [0.3, 0.4) is 0 Å². The first-order valence-electron chi connectivity index (χ1n) is 10.7. The number of rotatable bonds is 6. The van der Waals surface area contributed by atoms with Crippen LogP contribution in [-0.4, -0.2) is 43.5 Å². The van der Waals surface area contributed by atoms with Gasteiger partial charge in [-0.15, -0.1) is 0 Å². The summed E-state index contributed by atoms with van der Waals surface area (Å²) in [5.74, 6) is 0.361. The molecule has 166 valence electrons. The fraction of sp³-hybridized carbons (Fsp3) is 0.280. The molecule has 0 unspecified atom stereocenters. The fourth-order valence-corrected chi connectivity index (χ4v) is 4.27. The second-order valence-electron chi connectivity index (χ2n) is 7.96. The van der Waals surface area contributed by atoms with Crippen LogP contribution in [0.4, 0.5) is 11.4 Å². The SMILES string of the molecule is COc1ccc(Cl)cc1NC(=O)C1CCN(CC(=O)Nc2cccc3ccccc23)CC1. The van der Waals surface area contributed by atoms with Crippen LogP contribution in [0.25, 0.3) is 10.8 Å². The maximum Gasteiger partial charge on any atom is 0.238 e. The number of likely N-dealkylation sites (tertiary alicyclic amines) is 1. The minimum atomic E-state index is -0.115. The Balaban J connectivity index is 1.29. The third-order valence-corrected chi connectivity index (χ3v) is 6.04. The van der Waals surface area contributed by atoms with Crippen molar-refractivity contribution in [3.63, 3.8) is 0 Å². The van der Waals surface area contributed by atoms with Crippen molar-refractivity contribution in [3.05, 3.63) is 65.7 Å². The predicted molar refractivity (Wildman–Crippen MR) is 128 cm³/mol. The van der Waals surface area contributed by atoms with Gasteiger partial charge in [-0.1, -0.05) is 48.0 Å². The summed E-state index contributed by atoms with van der Waals surface area (Å²) in [6.07, 6.45) is 1.38. The first kappa shape index (κ1) is 22.1. The molecule has 1 saturated heterocycles. The van der Waals surface area contributed by atoms with Crippen LogP contribution in [0.5, 0.6) is 5.75 Å². The molecule has 1 heterocycles. The maximum absolute atomic E-state index is 12.7. The summed E-state index contributed by atoms with van der Waals surface area (Å²) in [5, 5.41) is 8.61. The van der Waals surface area contributed by atoms with Crippen LogP contribution >= 0.6 is 11.6 Å². The average molecular weight is 452 g/mol. The van der Waals surface area contributed by atoms with Crippen LogP contribution in [-0.2, 0) is 9.59 Å². The van der Waals surface area contributed by atoms with E-state index in [-0.39, 0.29) is 17.7 Å². The number of halogens is 1. The third kappa shape index (κ3) is 5.21. The lowest BCUT2D eigenvalue weighted by molar-refractivity contribution is -0.121. The van der Waals surface area contributed by atoms with Gasteiger partial charge in [0, 0.05) is 22.0 Å². The number of piperidine rings is 1. The quantitative estimate of drug-likeness (QED) is 0.565. The van der Waals surface area contributed by atoms with E-state index in [4.69, 9.17) is 16.3 Å². The van der Waals surface area contributed by atoms with Crippen molar-refractivity contribution >= 4 is 45.6 Å². The largest absolute Gasteiger partial charge is 0.495 e. The van der Waals surface area contributed by atoms with E-state index in [0.29, 0.717) is 48.9 Å². The van der Waals surface area contributed by atoms with E-state index < -0.39 is 0 Å². The molecule has 0 atom stereocenters. The van der Waals surface area contributed by atoms with Gasteiger partial charge in [-0.3, -0.25) is 14.5 Å². The number of carbonyl (C=O) groups is 2. The Kier molecular flexibility index (Phi) is 6.93. The lowest BCUT2D eigenvalue weighted by Gasteiger charge is -2.30. The number of fused-ring (bicyclic) bond motifs is 1. The van der Waals surface area contributed by atoms with Crippen molar-refractivity contribution < 1.29 is 14.3 Å². The monoisotopic (exact) mass is 451 g/mol. The van der Waals surface area contributed by atoms with Gasteiger partial charge in [0.05, 0.1) is 19.3 Å². The molecule has 7 heteroatoms. The Hall–Kier alpha value is -3.09. The Morgan fingerprint density at radius 1 is 1.00 bits per heavy atom. The number of carbonyl (C=O) groups excluding carboxylic acids is 2. The van der Waals surface area contributed by atoms with Gasteiger partial charge in [0.2, 0.25) is 11.8 Å². The third-order valence-electron chi connectivity index (χ3n) is 5.81. The number of hydrogen-bond donors (Lipinski definition) is 2. The van der Waals surface area contributed by atoms with E-state index in [9.17, 15) is 9.59 Å². The zero-order valence-electron chi connectivity index (χ0n) is 17.9. The summed E-state index contributed by atoms with van der Waals surface area (Å²) in [6.45, 7) is 1.68. The standard InChI is InChI=1S/C25H26ClN3O3/c1-32-23-10-9-19(26)15-22(23)28-25(31)18-11-13-29(14-12-18)16-24(30)27-21-8-4-6-17-5-2-3-7-20(17)21/h2-10,15,18H,11-14,16H2,1H3,(H,27,30)(H,28,31). The summed E-state index contributed by atoms with van der Waals surface area (Å²) < 4.78 is 5.30. The summed E-state index contributed by atoms with van der Waals surface area (Å²) in [7, 11) is 1.56. The molecule has 4 rings (SSSR count). The van der Waals surface area contributed by atoms with Crippen molar-refractivity contribution in [1.29, 1.82) is 0 Å². The Morgan fingerprint density at radius 2 is 1.75 bits per heavy atom. The number of anilines is 2. The van der Waals surface area contributed by atoms with Crippen LogP contribution in [0, 0.1) is 5.92 Å². The molecule has 0 saturated carbocycles. The number of methoxy groups -OCH3 is 1. The van der Waals surface area contributed by atoms with Gasteiger partial charge in [0.15, 0.2) is 0 Å². The molecule has 32 heavy (non-hydrogen) atoms. The summed E-state index contributed by atoms with van der Waals surface area (Å²) in [6, 6.07) is 19.0. The van der Waals surface area contributed by atoms with Crippen LogP contribution in [0.15, 0.2) is 60.7 Å². The van der Waals surface area contributed by atoms with E-state index in [1.54, 1.807) is 25.3 Å². The molecule has 2 amide bonds. The smallest absolute Gasteiger partial charge is 0.238 e. The molecule has 1 aliphatic rings. The molecule has 3 aromatic carbocycles. The highest BCUT2D eigenvalue weighted by atomic mass is 35.5. The van der Waals surface area contributed by atoms with Crippen LogP contribution < -0.4 is 15.4 Å². The molecule has 6 nitrogen and oxygen atoms in total. The number of nitrogens with zero attached hydrogens (tertiary/aromatic N) is 1. The van der Waals surface area contributed by atoms with E-state index in [2.05, 4.69) is 15.5 Å². The lowest BCUT2D eigenvalue weighted by Crippen LogP contribution is -2.41. The van der Waals surface area contributed by atoms with E-state index >= 15 is 0 Å². The zero-order chi connectivity index (χ0) is 22.5. The molecule has 0 aliphatic carbocycles. The summed E-state index contributed by atoms with van der Waals surface area (Å²) in [4.78, 5) is 27.4. The second-order valence-corrected chi connectivity index (χ2v) is 8.40. The predicted octanol–water partition coefficient (Wildman–Crippen LogP) is 4.79. The number of hydrogen-bond acceptors (Lipinski definition) is 4. The Bertz CT molecular complexity index is 1120. The molecule has 0 radical (unpaired) electrons. The number of amides is 2. The van der Waals surface area contributed by atoms with Crippen molar-refractivity contribution in [2.75, 3.05) is 37.4 Å². The molecule has 0 spiro atoms. The number of ether oxygens (including phenoxy) is 1. The first-order valence-corrected chi connectivity index (χ1v) is 11.1. The van der Waals surface area contributed by atoms with E-state index in [0.717, 1.165) is 16.5 Å². The minimum Gasteiger partial charge on any atom is -0.495 e. The molecule has 0 bridgehead atoms. The van der Waals surface area contributed by atoms with Gasteiger partial charge in [-0.05, 0) is 55.6 Å². The van der Waals surface area contributed by atoms with Crippen LogP contribution in [0.2, 0.25) is 5.02 Å². The normalized spacial score (nSPS) is 14.8. The molecule has 1 aliphatic heterocycles. The lowest BCUT2D eigenvalue weighted by atomic mass is 9.95. The molecule has 2 N–H and O–H groups in total. The zero-order valence-corrected chi connectivity index (χ0v) is 18.7. The molecule has 0 aromatic heterocycles. The van der Waals surface area contributed by atoms with E-state index in [1.165, 1.54) is 0 Å². The fourth-order valence-electron chi connectivity index (χ4n) is 4.09. The highest BCUT2D eigenvalue weighted by Gasteiger charge is 2.26.